The minimum absolute atomic E-state index is 0.326. The lowest BCUT2D eigenvalue weighted by Crippen LogP contribution is -2.52. The van der Waals surface area contributed by atoms with Gasteiger partial charge in [0, 0.05) is 5.56 Å². The lowest BCUT2D eigenvalue weighted by Gasteiger charge is -2.46. The molecule has 0 heterocycles. The molecule has 1 atom stereocenters. The topological polar surface area (TPSA) is 23.5 Å². The fraction of sp³-hybridized carbons (Fsp3) is 0.625. The molecule has 19 heavy (non-hydrogen) atoms. The van der Waals surface area contributed by atoms with E-state index in [1.807, 2.05) is 0 Å². The minimum Gasteiger partial charge on any atom is -0.386 e. The van der Waals surface area contributed by atoms with E-state index >= 15 is 0 Å². The second-order valence-corrected chi connectivity index (χ2v) is 4.91. The van der Waals surface area contributed by atoms with E-state index in [1.165, 1.54) is 6.07 Å². The monoisotopic (exact) mass is 267 g/mol. The summed E-state index contributed by atoms with van der Waals surface area (Å²) in [4.78, 5) is 2.24. The van der Waals surface area contributed by atoms with Gasteiger partial charge in [0.2, 0.25) is 0 Å². The van der Waals surface area contributed by atoms with Crippen molar-refractivity contribution in [2.75, 3.05) is 13.1 Å². The molecule has 0 saturated carbocycles. The number of rotatable bonds is 7. The fourth-order valence-corrected chi connectivity index (χ4v) is 3.10. The average Bonchev–Trinajstić information content (AvgIpc) is 2.44. The number of benzene rings is 1. The van der Waals surface area contributed by atoms with Crippen molar-refractivity contribution in [3.05, 3.63) is 35.6 Å². The molecule has 0 amide bonds. The van der Waals surface area contributed by atoms with Crippen LogP contribution in [0.15, 0.2) is 24.3 Å². The molecule has 1 rings (SSSR count). The Balaban J connectivity index is 3.22. The smallest absolute Gasteiger partial charge is 0.129 e. The molecule has 0 aliphatic carbocycles. The quantitative estimate of drug-likeness (QED) is 0.813. The van der Waals surface area contributed by atoms with E-state index in [0.29, 0.717) is 5.56 Å². The van der Waals surface area contributed by atoms with E-state index < -0.39 is 11.6 Å². The van der Waals surface area contributed by atoms with Gasteiger partial charge in [-0.15, -0.1) is 0 Å². The van der Waals surface area contributed by atoms with E-state index in [0.717, 1.165) is 25.9 Å². The predicted octanol–water partition coefficient (Wildman–Crippen LogP) is 3.76. The minimum atomic E-state index is -0.802. The Morgan fingerprint density at radius 2 is 1.63 bits per heavy atom. The highest BCUT2D eigenvalue weighted by Crippen LogP contribution is 2.38. The molecule has 2 nitrogen and oxygen atoms in total. The third-order valence-corrected chi connectivity index (χ3v) is 4.33. The third-order valence-electron chi connectivity index (χ3n) is 4.33. The van der Waals surface area contributed by atoms with Gasteiger partial charge in [-0.25, -0.2) is 4.39 Å². The zero-order valence-electron chi connectivity index (χ0n) is 12.5. The summed E-state index contributed by atoms with van der Waals surface area (Å²) in [6, 6.07) is 6.53. The normalized spacial score (nSPS) is 13.8. The summed E-state index contributed by atoms with van der Waals surface area (Å²) >= 11 is 0. The number of nitrogens with zero attached hydrogens (tertiary/aromatic N) is 1. The maximum absolute atomic E-state index is 13.9. The Kier molecular flexibility index (Phi) is 5.95. The van der Waals surface area contributed by atoms with Gasteiger partial charge in [-0.05, 0) is 32.0 Å². The second-order valence-electron chi connectivity index (χ2n) is 4.91. The largest absolute Gasteiger partial charge is 0.386 e. The molecule has 0 aromatic heterocycles. The first-order valence-corrected chi connectivity index (χ1v) is 7.24. The van der Waals surface area contributed by atoms with Crippen molar-refractivity contribution >= 4 is 0 Å². The molecule has 0 saturated heterocycles. The predicted molar refractivity (Wildman–Crippen MR) is 77.6 cm³/mol. The van der Waals surface area contributed by atoms with E-state index in [-0.39, 0.29) is 5.82 Å². The lowest BCUT2D eigenvalue weighted by atomic mass is 9.81. The zero-order valence-corrected chi connectivity index (χ0v) is 12.5. The number of hydrogen-bond acceptors (Lipinski definition) is 2. The molecule has 0 radical (unpaired) electrons. The summed E-state index contributed by atoms with van der Waals surface area (Å²) in [5.41, 5.74) is 0.00389. The number of aliphatic hydroxyl groups excluding tert-OH is 1. The average molecular weight is 267 g/mol. The molecule has 1 unspecified atom stereocenters. The summed E-state index contributed by atoms with van der Waals surface area (Å²) in [5, 5.41) is 10.8. The highest BCUT2D eigenvalue weighted by atomic mass is 19.1. The van der Waals surface area contributed by atoms with Gasteiger partial charge < -0.3 is 5.11 Å². The maximum atomic E-state index is 13.9. The Hall–Kier alpha value is -0.930. The zero-order chi connectivity index (χ0) is 14.5. The Morgan fingerprint density at radius 1 is 1.11 bits per heavy atom. The number of halogens is 1. The number of likely N-dealkylation sites (N-methyl/N-ethyl adjacent to an activating group) is 1. The molecule has 1 aromatic carbocycles. The molecule has 0 aliphatic rings. The third kappa shape index (κ3) is 2.98. The highest BCUT2D eigenvalue weighted by Gasteiger charge is 2.40. The maximum Gasteiger partial charge on any atom is 0.129 e. The SMILES string of the molecule is CCN(CC)C(CC)(CC)C(O)c1ccccc1F. The van der Waals surface area contributed by atoms with Crippen LogP contribution in [-0.4, -0.2) is 28.6 Å². The van der Waals surface area contributed by atoms with Crippen LogP contribution in [0.5, 0.6) is 0 Å². The fourth-order valence-electron chi connectivity index (χ4n) is 3.10. The van der Waals surface area contributed by atoms with Crippen LogP contribution < -0.4 is 0 Å². The van der Waals surface area contributed by atoms with Crippen molar-refractivity contribution in [1.82, 2.24) is 4.90 Å². The van der Waals surface area contributed by atoms with E-state index in [1.54, 1.807) is 18.2 Å². The highest BCUT2D eigenvalue weighted by molar-refractivity contribution is 5.23. The van der Waals surface area contributed by atoms with Crippen LogP contribution in [0.1, 0.15) is 52.2 Å². The first-order chi connectivity index (χ1) is 9.07. The van der Waals surface area contributed by atoms with Crippen molar-refractivity contribution < 1.29 is 9.50 Å². The van der Waals surface area contributed by atoms with Crippen LogP contribution >= 0.6 is 0 Å². The Bertz CT molecular complexity index is 386. The van der Waals surface area contributed by atoms with Crippen molar-refractivity contribution in [2.24, 2.45) is 0 Å². The molecule has 1 aromatic rings. The van der Waals surface area contributed by atoms with Gasteiger partial charge in [-0.1, -0.05) is 45.9 Å². The molecule has 3 heteroatoms. The summed E-state index contributed by atoms with van der Waals surface area (Å²) in [7, 11) is 0. The summed E-state index contributed by atoms with van der Waals surface area (Å²) < 4.78 is 13.9. The molecule has 0 aliphatic heterocycles. The van der Waals surface area contributed by atoms with Crippen LogP contribution in [-0.2, 0) is 0 Å². The number of hydrogen-bond donors (Lipinski definition) is 1. The molecule has 0 spiro atoms. The van der Waals surface area contributed by atoms with Crippen LogP contribution in [0.4, 0.5) is 4.39 Å². The Labute approximate surface area is 116 Å². The van der Waals surface area contributed by atoms with E-state index in [9.17, 15) is 9.50 Å². The molecule has 0 fully saturated rings. The van der Waals surface area contributed by atoms with Gasteiger partial charge in [0.1, 0.15) is 11.9 Å². The summed E-state index contributed by atoms with van der Waals surface area (Å²) in [5.74, 6) is -0.326. The van der Waals surface area contributed by atoms with Crippen LogP contribution in [0.2, 0.25) is 0 Å². The van der Waals surface area contributed by atoms with Crippen molar-refractivity contribution in [2.45, 2.75) is 52.2 Å². The number of aliphatic hydroxyl groups is 1. The first kappa shape index (κ1) is 16.1. The summed E-state index contributed by atoms with van der Waals surface area (Å²) in [6.45, 7) is 9.99. The first-order valence-electron chi connectivity index (χ1n) is 7.24. The van der Waals surface area contributed by atoms with Crippen LogP contribution in [0, 0.1) is 5.82 Å². The van der Waals surface area contributed by atoms with Crippen molar-refractivity contribution in [3.63, 3.8) is 0 Å². The summed E-state index contributed by atoms with van der Waals surface area (Å²) in [6.07, 6.45) is 0.782. The molecular weight excluding hydrogens is 241 g/mol. The molecular formula is C16H26FNO. The standard InChI is InChI=1S/C16H26FNO/c1-5-16(6-2,18(7-3)8-4)15(19)13-11-9-10-12-14(13)17/h9-12,15,19H,5-8H2,1-4H3. The van der Waals surface area contributed by atoms with E-state index in [4.69, 9.17) is 0 Å². The van der Waals surface area contributed by atoms with Crippen molar-refractivity contribution in [1.29, 1.82) is 0 Å². The second kappa shape index (κ2) is 7.01. The molecule has 0 bridgehead atoms. The van der Waals surface area contributed by atoms with Gasteiger partial charge in [0.05, 0.1) is 5.54 Å². The van der Waals surface area contributed by atoms with Gasteiger partial charge in [-0.2, -0.15) is 0 Å². The Morgan fingerprint density at radius 3 is 2.05 bits per heavy atom. The van der Waals surface area contributed by atoms with Crippen LogP contribution in [0.3, 0.4) is 0 Å². The van der Waals surface area contributed by atoms with E-state index in [2.05, 4.69) is 32.6 Å². The molecule has 108 valence electrons. The lowest BCUT2D eigenvalue weighted by molar-refractivity contribution is -0.0382. The van der Waals surface area contributed by atoms with Gasteiger partial charge in [-0.3, -0.25) is 4.90 Å². The van der Waals surface area contributed by atoms with Crippen LogP contribution in [0.25, 0.3) is 0 Å². The van der Waals surface area contributed by atoms with Crippen molar-refractivity contribution in [3.8, 4) is 0 Å². The molecule has 1 N–H and O–H groups in total. The van der Waals surface area contributed by atoms with Gasteiger partial charge in [0.25, 0.3) is 0 Å². The van der Waals surface area contributed by atoms with Gasteiger partial charge in [0.15, 0.2) is 0 Å². The van der Waals surface area contributed by atoms with Gasteiger partial charge >= 0.3 is 0 Å².